The van der Waals surface area contributed by atoms with Crippen LogP contribution in [0.1, 0.15) is 16.8 Å². The molecule has 1 aliphatic heterocycles. The molecule has 2 heterocycles. The molecule has 1 aliphatic rings. The van der Waals surface area contributed by atoms with Crippen molar-refractivity contribution < 1.29 is 17.9 Å². The number of rotatable bonds is 4. The van der Waals surface area contributed by atoms with Gasteiger partial charge in [0.15, 0.2) is 0 Å². The molecule has 0 atom stereocenters. The number of nitrogens with zero attached hydrogens (tertiary/aromatic N) is 2. The number of anilines is 2. The SMILES string of the molecule is Nc1nc2c(c(NCc3cccc(OC(F)(F)F)c3)n1)CCNCC2. The molecule has 3 rings (SSSR count). The first kappa shape index (κ1) is 17.3. The Labute approximate surface area is 142 Å². The van der Waals surface area contributed by atoms with Gasteiger partial charge in [-0.25, -0.2) is 4.98 Å². The number of halogens is 3. The number of benzene rings is 1. The van der Waals surface area contributed by atoms with Crippen molar-refractivity contribution >= 4 is 11.8 Å². The number of hydrogen-bond acceptors (Lipinski definition) is 6. The molecule has 4 N–H and O–H groups in total. The van der Waals surface area contributed by atoms with E-state index in [1.807, 2.05) is 0 Å². The van der Waals surface area contributed by atoms with Crippen LogP contribution in [0.5, 0.6) is 5.75 Å². The zero-order valence-electron chi connectivity index (χ0n) is 13.4. The standard InChI is InChI=1S/C16H18F3N5O/c17-16(18,19)25-11-3-1-2-10(8-11)9-22-14-12-4-6-21-7-5-13(12)23-15(20)24-14/h1-3,8,21H,4-7,9H2,(H3,20,22,23,24). The molecule has 0 fully saturated rings. The van der Waals surface area contributed by atoms with Crippen LogP contribution in [0.15, 0.2) is 24.3 Å². The van der Waals surface area contributed by atoms with Crippen LogP contribution in [0.2, 0.25) is 0 Å². The van der Waals surface area contributed by atoms with Gasteiger partial charge in [-0.3, -0.25) is 0 Å². The molecule has 134 valence electrons. The fourth-order valence-electron chi connectivity index (χ4n) is 2.75. The van der Waals surface area contributed by atoms with Crippen LogP contribution in [0, 0.1) is 0 Å². The molecular formula is C16H18F3N5O. The van der Waals surface area contributed by atoms with Crippen LogP contribution in [0.4, 0.5) is 24.9 Å². The highest BCUT2D eigenvalue weighted by Gasteiger charge is 2.31. The van der Waals surface area contributed by atoms with Crippen LogP contribution >= 0.6 is 0 Å². The summed E-state index contributed by atoms with van der Waals surface area (Å²) in [5.41, 5.74) is 8.29. The number of hydrogen-bond donors (Lipinski definition) is 3. The van der Waals surface area contributed by atoms with E-state index in [1.54, 1.807) is 6.07 Å². The van der Waals surface area contributed by atoms with Gasteiger partial charge in [-0.05, 0) is 30.7 Å². The molecule has 0 saturated heterocycles. The van der Waals surface area contributed by atoms with Crippen LogP contribution in [-0.4, -0.2) is 29.4 Å². The smallest absolute Gasteiger partial charge is 0.406 e. The summed E-state index contributed by atoms with van der Waals surface area (Å²) in [4.78, 5) is 8.53. The van der Waals surface area contributed by atoms with Crippen LogP contribution in [-0.2, 0) is 19.4 Å². The Morgan fingerprint density at radius 3 is 2.80 bits per heavy atom. The topological polar surface area (TPSA) is 85.1 Å². The lowest BCUT2D eigenvalue weighted by Gasteiger charge is -2.14. The lowest BCUT2D eigenvalue weighted by Crippen LogP contribution is -2.17. The molecule has 2 aromatic rings. The van der Waals surface area contributed by atoms with Gasteiger partial charge in [-0.1, -0.05) is 12.1 Å². The summed E-state index contributed by atoms with van der Waals surface area (Å²) in [7, 11) is 0. The fraction of sp³-hybridized carbons (Fsp3) is 0.375. The van der Waals surface area contributed by atoms with Crippen molar-refractivity contribution in [3.05, 3.63) is 41.1 Å². The monoisotopic (exact) mass is 353 g/mol. The third-order valence-corrected chi connectivity index (χ3v) is 3.79. The number of ether oxygens (including phenoxy) is 1. The van der Waals surface area contributed by atoms with Gasteiger partial charge in [0.25, 0.3) is 0 Å². The van der Waals surface area contributed by atoms with Crippen molar-refractivity contribution in [1.29, 1.82) is 0 Å². The van der Waals surface area contributed by atoms with E-state index in [2.05, 4.69) is 25.3 Å². The lowest BCUT2D eigenvalue weighted by molar-refractivity contribution is -0.274. The largest absolute Gasteiger partial charge is 0.573 e. The highest BCUT2D eigenvalue weighted by Crippen LogP contribution is 2.25. The number of aromatic nitrogens is 2. The summed E-state index contributed by atoms with van der Waals surface area (Å²) >= 11 is 0. The zero-order valence-corrected chi connectivity index (χ0v) is 13.4. The average Bonchev–Trinajstić information content (AvgIpc) is 2.76. The minimum absolute atomic E-state index is 0.178. The van der Waals surface area contributed by atoms with E-state index < -0.39 is 6.36 Å². The molecular weight excluding hydrogens is 335 g/mol. The quantitative estimate of drug-likeness (QED) is 0.782. The van der Waals surface area contributed by atoms with Crippen molar-refractivity contribution in [2.75, 3.05) is 24.1 Å². The molecule has 0 bridgehead atoms. The predicted molar refractivity (Wildman–Crippen MR) is 87.2 cm³/mol. The van der Waals surface area contributed by atoms with Crippen LogP contribution < -0.4 is 21.1 Å². The van der Waals surface area contributed by atoms with E-state index in [1.165, 1.54) is 18.2 Å². The first-order valence-electron chi connectivity index (χ1n) is 7.85. The van der Waals surface area contributed by atoms with Gasteiger partial charge in [0.05, 0.1) is 5.69 Å². The summed E-state index contributed by atoms with van der Waals surface area (Å²) in [5, 5.41) is 6.44. The van der Waals surface area contributed by atoms with Gasteiger partial charge < -0.3 is 21.1 Å². The zero-order chi connectivity index (χ0) is 17.9. The van der Waals surface area contributed by atoms with Crippen molar-refractivity contribution in [2.45, 2.75) is 25.7 Å². The summed E-state index contributed by atoms with van der Waals surface area (Å²) in [6.07, 6.45) is -3.20. The average molecular weight is 353 g/mol. The molecule has 0 spiro atoms. The molecule has 6 nitrogen and oxygen atoms in total. The molecule has 0 amide bonds. The Balaban J connectivity index is 1.76. The summed E-state index contributed by atoms with van der Waals surface area (Å²) in [5.74, 6) is 0.544. The molecule has 1 aromatic carbocycles. The summed E-state index contributed by atoms with van der Waals surface area (Å²) < 4.78 is 40.9. The third-order valence-electron chi connectivity index (χ3n) is 3.79. The Morgan fingerprint density at radius 1 is 1.20 bits per heavy atom. The van der Waals surface area contributed by atoms with Crippen LogP contribution in [0.3, 0.4) is 0 Å². The summed E-state index contributed by atoms with van der Waals surface area (Å²) in [6.45, 7) is 1.93. The summed E-state index contributed by atoms with van der Waals surface area (Å²) in [6, 6.07) is 5.82. The Hall–Kier alpha value is -2.55. The second kappa shape index (κ2) is 7.14. The van der Waals surface area contributed by atoms with Crippen LogP contribution in [0.25, 0.3) is 0 Å². The van der Waals surface area contributed by atoms with E-state index in [0.717, 1.165) is 37.2 Å². The maximum absolute atomic E-state index is 12.3. The van der Waals surface area contributed by atoms with E-state index in [0.29, 0.717) is 17.9 Å². The number of nitrogens with two attached hydrogens (primary N) is 1. The van der Waals surface area contributed by atoms with Gasteiger partial charge in [0.1, 0.15) is 11.6 Å². The second-order valence-electron chi connectivity index (χ2n) is 5.65. The molecule has 9 heteroatoms. The lowest BCUT2D eigenvalue weighted by atomic mass is 10.1. The Kier molecular flexibility index (Phi) is 4.93. The predicted octanol–water partition coefficient (Wildman–Crippen LogP) is 2.26. The number of nitrogen functional groups attached to an aromatic ring is 1. The van der Waals surface area contributed by atoms with Gasteiger partial charge in [0.2, 0.25) is 5.95 Å². The molecule has 1 aromatic heterocycles. The molecule has 25 heavy (non-hydrogen) atoms. The number of alkyl halides is 3. The molecule has 0 aliphatic carbocycles. The first-order chi connectivity index (χ1) is 11.9. The normalized spacial score (nSPS) is 14.5. The van der Waals surface area contributed by atoms with E-state index in [-0.39, 0.29) is 11.7 Å². The third kappa shape index (κ3) is 4.72. The van der Waals surface area contributed by atoms with Gasteiger partial charge >= 0.3 is 6.36 Å². The van der Waals surface area contributed by atoms with E-state index >= 15 is 0 Å². The molecule has 0 saturated carbocycles. The number of nitrogens with one attached hydrogen (secondary N) is 2. The number of fused-ring (bicyclic) bond motifs is 1. The minimum atomic E-state index is -4.71. The first-order valence-corrected chi connectivity index (χ1v) is 7.85. The van der Waals surface area contributed by atoms with Crippen molar-refractivity contribution in [1.82, 2.24) is 15.3 Å². The minimum Gasteiger partial charge on any atom is -0.406 e. The van der Waals surface area contributed by atoms with Gasteiger partial charge in [0, 0.05) is 25.1 Å². The fourth-order valence-corrected chi connectivity index (χ4v) is 2.75. The molecule has 0 unspecified atom stereocenters. The van der Waals surface area contributed by atoms with Crippen molar-refractivity contribution in [3.63, 3.8) is 0 Å². The highest BCUT2D eigenvalue weighted by molar-refractivity contribution is 5.51. The Morgan fingerprint density at radius 2 is 2.00 bits per heavy atom. The highest BCUT2D eigenvalue weighted by atomic mass is 19.4. The van der Waals surface area contributed by atoms with E-state index in [4.69, 9.17) is 5.73 Å². The van der Waals surface area contributed by atoms with Gasteiger partial charge in [-0.15, -0.1) is 13.2 Å². The van der Waals surface area contributed by atoms with Gasteiger partial charge in [-0.2, -0.15) is 4.98 Å². The van der Waals surface area contributed by atoms with E-state index in [9.17, 15) is 13.2 Å². The maximum Gasteiger partial charge on any atom is 0.573 e. The maximum atomic E-state index is 12.3. The molecule has 0 radical (unpaired) electrons. The van der Waals surface area contributed by atoms with Crippen molar-refractivity contribution in [2.24, 2.45) is 0 Å². The second-order valence-corrected chi connectivity index (χ2v) is 5.65. The Bertz CT molecular complexity index is 751. The van der Waals surface area contributed by atoms with Crippen molar-refractivity contribution in [3.8, 4) is 5.75 Å².